The molecule has 1 aliphatic rings. The molecule has 2 N–H and O–H groups in total. The van der Waals surface area contributed by atoms with Crippen LogP contribution in [0.5, 0.6) is 5.75 Å². The molecule has 4 rings (SSSR count). The molecule has 150 valence electrons. The highest BCUT2D eigenvalue weighted by Gasteiger charge is 2.25. The largest absolute Gasteiger partial charge is 0.506 e. The molecule has 0 unspecified atom stereocenters. The van der Waals surface area contributed by atoms with E-state index < -0.39 is 0 Å². The van der Waals surface area contributed by atoms with E-state index in [9.17, 15) is 9.90 Å². The van der Waals surface area contributed by atoms with E-state index in [-0.39, 0.29) is 16.7 Å². The number of aliphatic imine (C=N–C) groups is 1. The first-order valence-electron chi connectivity index (χ1n) is 9.20. The summed E-state index contributed by atoms with van der Waals surface area (Å²) in [5, 5.41) is 14.2. The van der Waals surface area contributed by atoms with Crippen molar-refractivity contribution in [3.63, 3.8) is 0 Å². The number of phenolic OH excluding ortho intramolecular Hbond substituents is 1. The number of hydrogen-bond acceptors (Lipinski definition) is 5. The highest BCUT2D eigenvalue weighted by Crippen LogP contribution is 2.40. The van der Waals surface area contributed by atoms with E-state index >= 15 is 0 Å². The third-order valence-electron chi connectivity index (χ3n) is 4.76. The molecule has 1 aliphatic carbocycles. The van der Waals surface area contributed by atoms with Crippen LogP contribution >= 0.6 is 34.5 Å². The smallest absolute Gasteiger partial charge is 0.255 e. The van der Waals surface area contributed by atoms with E-state index in [0.29, 0.717) is 33.5 Å². The molecule has 1 amide bonds. The maximum Gasteiger partial charge on any atom is 0.255 e. The van der Waals surface area contributed by atoms with Crippen molar-refractivity contribution < 1.29 is 14.3 Å². The number of aromatic hydroxyl groups is 1. The van der Waals surface area contributed by atoms with Gasteiger partial charge in [0.15, 0.2) is 0 Å². The topological polar surface area (TPSA) is 74.8 Å². The van der Waals surface area contributed by atoms with Crippen LogP contribution in [0.2, 0.25) is 10.0 Å². The van der Waals surface area contributed by atoms with E-state index in [1.165, 1.54) is 28.5 Å². The van der Waals surface area contributed by atoms with Gasteiger partial charge >= 0.3 is 0 Å². The van der Waals surface area contributed by atoms with Crippen LogP contribution in [-0.2, 0) is 19.4 Å². The fourth-order valence-electron chi connectivity index (χ4n) is 3.36. The zero-order valence-corrected chi connectivity index (χ0v) is 17.7. The van der Waals surface area contributed by atoms with Crippen LogP contribution in [0.25, 0.3) is 0 Å². The Hall–Kier alpha value is -2.28. The van der Waals surface area contributed by atoms with Gasteiger partial charge in [0.2, 0.25) is 0 Å². The number of thiophene rings is 1. The summed E-state index contributed by atoms with van der Waals surface area (Å²) in [7, 11) is 0. The van der Waals surface area contributed by atoms with Crippen LogP contribution < -0.4 is 5.32 Å². The summed E-state index contributed by atoms with van der Waals surface area (Å²) in [6, 6.07) is 6.64. The SMILES string of the molecule is O=C(NCc1ccco1)c1c(/N=C/c2cc(Cl)cc(Cl)c2O)sc2c1CCCC2. The van der Waals surface area contributed by atoms with Crippen molar-refractivity contribution in [2.24, 2.45) is 4.99 Å². The Morgan fingerprint density at radius 1 is 1.31 bits per heavy atom. The molecule has 1 aromatic carbocycles. The van der Waals surface area contributed by atoms with Gasteiger partial charge in [-0.2, -0.15) is 0 Å². The molecule has 0 spiro atoms. The number of fused-ring (bicyclic) bond motifs is 1. The van der Waals surface area contributed by atoms with Crippen molar-refractivity contribution in [2.75, 3.05) is 0 Å². The van der Waals surface area contributed by atoms with Crippen molar-refractivity contribution in [3.8, 4) is 5.75 Å². The summed E-state index contributed by atoms with van der Waals surface area (Å²) in [6.07, 6.45) is 7.03. The second-order valence-electron chi connectivity index (χ2n) is 6.74. The average molecular weight is 449 g/mol. The van der Waals surface area contributed by atoms with Gasteiger partial charge in [-0.1, -0.05) is 23.2 Å². The predicted octanol–water partition coefficient (Wildman–Crippen LogP) is 5.91. The quantitative estimate of drug-likeness (QED) is 0.476. The Balaban J connectivity index is 1.66. The lowest BCUT2D eigenvalue weighted by Gasteiger charge is -2.12. The van der Waals surface area contributed by atoms with Crippen molar-refractivity contribution in [2.45, 2.75) is 32.2 Å². The molecule has 8 heteroatoms. The van der Waals surface area contributed by atoms with Crippen molar-refractivity contribution >= 4 is 51.7 Å². The molecular formula is C21H18Cl2N2O3S. The monoisotopic (exact) mass is 448 g/mol. The van der Waals surface area contributed by atoms with Gasteiger partial charge in [-0.25, -0.2) is 4.99 Å². The molecular weight excluding hydrogens is 431 g/mol. The van der Waals surface area contributed by atoms with Crippen molar-refractivity contribution in [3.05, 3.63) is 67.9 Å². The minimum absolute atomic E-state index is 0.0926. The fourth-order valence-corrected chi connectivity index (χ4v) is 5.10. The first-order chi connectivity index (χ1) is 14.0. The Bertz CT molecular complexity index is 1070. The zero-order valence-electron chi connectivity index (χ0n) is 15.4. The van der Waals surface area contributed by atoms with Gasteiger partial charge in [-0.3, -0.25) is 4.79 Å². The number of carbonyl (C=O) groups is 1. The molecule has 2 heterocycles. The van der Waals surface area contributed by atoms with Crippen LogP contribution in [0.1, 0.15) is 45.0 Å². The molecule has 0 radical (unpaired) electrons. The normalized spacial score (nSPS) is 13.6. The Morgan fingerprint density at radius 3 is 2.93 bits per heavy atom. The Labute approximate surface area is 182 Å². The number of amides is 1. The standard InChI is InChI=1S/C21H18Cl2N2O3S/c22-13-8-12(19(26)16(23)9-13)10-25-21-18(15-5-1-2-6-17(15)29-21)20(27)24-11-14-4-3-7-28-14/h3-4,7-10,26H,1-2,5-6,11H2,(H,24,27)/b25-10+. The van der Waals surface area contributed by atoms with E-state index in [4.69, 9.17) is 27.6 Å². The zero-order chi connectivity index (χ0) is 20.4. The summed E-state index contributed by atoms with van der Waals surface area (Å²) in [5.41, 5.74) is 2.06. The number of benzene rings is 1. The summed E-state index contributed by atoms with van der Waals surface area (Å²) in [6.45, 7) is 0.310. The third kappa shape index (κ3) is 4.34. The van der Waals surface area contributed by atoms with Crippen molar-refractivity contribution in [1.29, 1.82) is 0 Å². The van der Waals surface area contributed by atoms with E-state index in [0.717, 1.165) is 31.2 Å². The van der Waals surface area contributed by atoms with Gasteiger partial charge in [0, 0.05) is 21.7 Å². The summed E-state index contributed by atoms with van der Waals surface area (Å²) in [5.74, 6) is 0.414. The lowest BCUT2D eigenvalue weighted by molar-refractivity contribution is 0.0948. The lowest BCUT2D eigenvalue weighted by atomic mass is 9.95. The van der Waals surface area contributed by atoms with Crippen molar-refractivity contribution in [1.82, 2.24) is 5.32 Å². The molecule has 5 nitrogen and oxygen atoms in total. The summed E-state index contributed by atoms with van der Waals surface area (Å²) in [4.78, 5) is 18.7. The van der Waals surface area contributed by atoms with Crippen LogP contribution in [0.3, 0.4) is 0 Å². The Morgan fingerprint density at radius 2 is 2.14 bits per heavy atom. The van der Waals surface area contributed by atoms with Gasteiger partial charge in [0.1, 0.15) is 16.5 Å². The molecule has 0 saturated heterocycles. The second-order valence-corrected chi connectivity index (χ2v) is 8.66. The van der Waals surface area contributed by atoms with Crippen LogP contribution in [0.15, 0.2) is 39.9 Å². The first kappa shape index (κ1) is 20.0. The van der Waals surface area contributed by atoms with Crippen LogP contribution in [-0.4, -0.2) is 17.2 Å². The minimum atomic E-state index is -0.179. The maximum atomic E-state index is 13.0. The van der Waals surface area contributed by atoms with Gasteiger partial charge < -0.3 is 14.8 Å². The number of aryl methyl sites for hydroxylation is 1. The molecule has 0 atom stereocenters. The average Bonchev–Trinajstić information content (AvgIpc) is 3.35. The number of furan rings is 1. The lowest BCUT2D eigenvalue weighted by Crippen LogP contribution is -2.23. The fraction of sp³-hybridized carbons (Fsp3) is 0.238. The molecule has 2 aromatic heterocycles. The summed E-state index contributed by atoms with van der Waals surface area (Å²) < 4.78 is 5.29. The van der Waals surface area contributed by atoms with Gasteiger partial charge in [-0.05, 0) is 55.5 Å². The first-order valence-corrected chi connectivity index (χ1v) is 10.8. The number of carbonyl (C=O) groups excluding carboxylic acids is 1. The van der Waals surface area contributed by atoms with Gasteiger partial charge in [0.05, 0.1) is 23.4 Å². The number of nitrogens with zero attached hydrogens (tertiary/aromatic N) is 1. The van der Waals surface area contributed by atoms with E-state index in [2.05, 4.69) is 10.3 Å². The molecule has 0 saturated carbocycles. The summed E-state index contributed by atoms with van der Waals surface area (Å²) >= 11 is 13.5. The van der Waals surface area contributed by atoms with E-state index in [1.54, 1.807) is 18.4 Å². The number of phenols is 1. The third-order valence-corrected chi connectivity index (χ3v) is 6.47. The van der Waals surface area contributed by atoms with Gasteiger partial charge in [0.25, 0.3) is 5.91 Å². The minimum Gasteiger partial charge on any atom is -0.506 e. The molecule has 0 bridgehead atoms. The van der Waals surface area contributed by atoms with E-state index in [1.807, 2.05) is 6.07 Å². The van der Waals surface area contributed by atoms with Crippen LogP contribution in [0, 0.1) is 0 Å². The predicted molar refractivity (Wildman–Crippen MR) is 116 cm³/mol. The molecule has 29 heavy (non-hydrogen) atoms. The number of halogens is 2. The highest BCUT2D eigenvalue weighted by molar-refractivity contribution is 7.16. The number of nitrogens with one attached hydrogen (secondary N) is 1. The molecule has 3 aromatic rings. The highest BCUT2D eigenvalue weighted by atomic mass is 35.5. The van der Waals surface area contributed by atoms with Gasteiger partial charge in [-0.15, -0.1) is 11.3 Å². The second kappa shape index (κ2) is 8.61. The number of rotatable bonds is 5. The molecule has 0 aliphatic heterocycles. The molecule has 0 fully saturated rings. The maximum absolute atomic E-state index is 13.0. The Kier molecular flexibility index (Phi) is 5.94. The number of hydrogen-bond donors (Lipinski definition) is 2. The van der Waals surface area contributed by atoms with Crippen LogP contribution in [0.4, 0.5) is 5.00 Å².